The Hall–Kier alpha value is -1.56. The summed E-state index contributed by atoms with van der Waals surface area (Å²) in [5.41, 5.74) is 0.693. The molecular formula is C12H6BrF3N2. The SMILES string of the molecule is FC(F)(F)c1ccc2[nH]c3cnccc3c2c1Br. The zero-order chi connectivity index (χ0) is 12.9. The zero-order valence-corrected chi connectivity index (χ0v) is 10.4. The van der Waals surface area contributed by atoms with Crippen LogP contribution in [0.3, 0.4) is 0 Å². The predicted octanol–water partition coefficient (Wildman–Crippen LogP) is 4.50. The van der Waals surface area contributed by atoms with Gasteiger partial charge in [0.05, 0.1) is 17.3 Å². The number of alkyl halides is 3. The summed E-state index contributed by atoms with van der Waals surface area (Å²) in [4.78, 5) is 6.98. The summed E-state index contributed by atoms with van der Waals surface area (Å²) in [6.07, 6.45) is -1.22. The molecule has 0 aliphatic carbocycles. The number of halogens is 4. The van der Waals surface area contributed by atoms with Gasteiger partial charge in [-0.2, -0.15) is 13.2 Å². The first-order valence-corrected chi connectivity index (χ1v) is 5.89. The summed E-state index contributed by atoms with van der Waals surface area (Å²) < 4.78 is 38.6. The molecular weight excluding hydrogens is 309 g/mol. The second-order valence-electron chi connectivity index (χ2n) is 3.89. The molecule has 0 amide bonds. The summed E-state index contributed by atoms with van der Waals surface area (Å²) in [5.74, 6) is 0. The average molecular weight is 315 g/mol. The predicted molar refractivity (Wildman–Crippen MR) is 66.3 cm³/mol. The van der Waals surface area contributed by atoms with Crippen LogP contribution in [0.2, 0.25) is 0 Å². The lowest BCUT2D eigenvalue weighted by Crippen LogP contribution is -2.05. The molecule has 0 saturated heterocycles. The number of nitrogens with zero attached hydrogens (tertiary/aromatic N) is 1. The van der Waals surface area contributed by atoms with Crippen LogP contribution in [0, 0.1) is 0 Å². The Labute approximate surface area is 108 Å². The Bertz CT molecular complexity index is 746. The smallest absolute Gasteiger partial charge is 0.353 e. The summed E-state index contributed by atoms with van der Waals surface area (Å²) in [6.45, 7) is 0. The van der Waals surface area contributed by atoms with Crippen molar-refractivity contribution in [1.82, 2.24) is 9.97 Å². The fourth-order valence-corrected chi connectivity index (χ4v) is 2.80. The van der Waals surface area contributed by atoms with E-state index in [4.69, 9.17) is 0 Å². The molecule has 0 aliphatic rings. The number of rotatable bonds is 0. The molecule has 0 unspecified atom stereocenters. The minimum atomic E-state index is -4.37. The van der Waals surface area contributed by atoms with E-state index in [0.717, 1.165) is 11.5 Å². The van der Waals surface area contributed by atoms with Crippen LogP contribution in [-0.4, -0.2) is 9.97 Å². The van der Waals surface area contributed by atoms with Crippen LogP contribution in [0.25, 0.3) is 21.8 Å². The van der Waals surface area contributed by atoms with Gasteiger partial charge in [0.2, 0.25) is 0 Å². The number of nitrogens with one attached hydrogen (secondary N) is 1. The molecule has 2 heterocycles. The third-order valence-corrected chi connectivity index (χ3v) is 3.63. The molecule has 0 bridgehead atoms. The van der Waals surface area contributed by atoms with Gasteiger partial charge in [0, 0.05) is 27.0 Å². The third-order valence-electron chi connectivity index (χ3n) is 2.81. The van der Waals surface area contributed by atoms with E-state index in [0.29, 0.717) is 16.4 Å². The van der Waals surface area contributed by atoms with Gasteiger partial charge in [-0.3, -0.25) is 4.98 Å². The Balaban J connectivity index is 2.47. The van der Waals surface area contributed by atoms with Crippen LogP contribution in [0.4, 0.5) is 13.2 Å². The molecule has 1 N–H and O–H groups in total. The van der Waals surface area contributed by atoms with Gasteiger partial charge in [-0.15, -0.1) is 0 Å². The van der Waals surface area contributed by atoms with Crippen molar-refractivity contribution in [3.05, 3.63) is 40.6 Å². The number of hydrogen-bond donors (Lipinski definition) is 1. The van der Waals surface area contributed by atoms with Gasteiger partial charge in [-0.1, -0.05) is 0 Å². The number of benzene rings is 1. The molecule has 92 valence electrons. The van der Waals surface area contributed by atoms with Gasteiger partial charge in [0.1, 0.15) is 0 Å². The molecule has 0 radical (unpaired) electrons. The van der Waals surface area contributed by atoms with Gasteiger partial charge in [0.15, 0.2) is 0 Å². The topological polar surface area (TPSA) is 28.7 Å². The largest absolute Gasteiger partial charge is 0.417 e. The van der Waals surface area contributed by atoms with E-state index in [1.165, 1.54) is 6.07 Å². The first-order chi connectivity index (χ1) is 8.48. The van der Waals surface area contributed by atoms with Crippen LogP contribution in [0.5, 0.6) is 0 Å². The number of H-pyrrole nitrogens is 1. The average Bonchev–Trinajstić information content (AvgIpc) is 2.66. The fraction of sp³-hybridized carbons (Fsp3) is 0.0833. The lowest BCUT2D eigenvalue weighted by atomic mass is 10.1. The maximum absolute atomic E-state index is 12.8. The van der Waals surface area contributed by atoms with E-state index >= 15 is 0 Å². The molecule has 2 nitrogen and oxygen atoms in total. The molecule has 3 rings (SSSR count). The Morgan fingerprint density at radius 2 is 1.89 bits per heavy atom. The zero-order valence-electron chi connectivity index (χ0n) is 8.85. The molecule has 1 aromatic carbocycles. The molecule has 0 saturated carbocycles. The molecule has 0 spiro atoms. The van der Waals surface area contributed by atoms with Crippen molar-refractivity contribution < 1.29 is 13.2 Å². The van der Waals surface area contributed by atoms with Crippen LogP contribution in [0.15, 0.2) is 35.1 Å². The van der Waals surface area contributed by atoms with E-state index in [2.05, 4.69) is 25.9 Å². The second-order valence-corrected chi connectivity index (χ2v) is 4.69. The number of fused-ring (bicyclic) bond motifs is 3. The Kier molecular flexibility index (Phi) is 2.38. The minimum Gasteiger partial charge on any atom is -0.353 e. The first-order valence-electron chi connectivity index (χ1n) is 5.09. The highest BCUT2D eigenvalue weighted by atomic mass is 79.9. The minimum absolute atomic E-state index is 0.0601. The van der Waals surface area contributed by atoms with Crippen molar-refractivity contribution in [2.24, 2.45) is 0 Å². The van der Waals surface area contributed by atoms with Crippen LogP contribution in [0.1, 0.15) is 5.56 Å². The van der Waals surface area contributed by atoms with Gasteiger partial charge in [-0.25, -0.2) is 0 Å². The van der Waals surface area contributed by atoms with Crippen LogP contribution < -0.4 is 0 Å². The number of aromatic amines is 1. The van der Waals surface area contributed by atoms with Crippen molar-refractivity contribution in [1.29, 1.82) is 0 Å². The number of aromatic nitrogens is 2. The Morgan fingerprint density at radius 3 is 2.61 bits per heavy atom. The summed E-state index contributed by atoms with van der Waals surface area (Å²) in [6, 6.07) is 4.19. The third kappa shape index (κ3) is 1.59. The van der Waals surface area contributed by atoms with E-state index < -0.39 is 11.7 Å². The van der Waals surface area contributed by atoms with E-state index in [1.54, 1.807) is 18.5 Å². The van der Waals surface area contributed by atoms with Gasteiger partial charge >= 0.3 is 6.18 Å². The second kappa shape index (κ2) is 3.71. The highest BCUT2D eigenvalue weighted by molar-refractivity contribution is 9.10. The van der Waals surface area contributed by atoms with E-state index in [9.17, 15) is 13.2 Å². The fourth-order valence-electron chi connectivity index (χ4n) is 2.02. The lowest BCUT2D eigenvalue weighted by molar-refractivity contribution is -0.138. The highest BCUT2D eigenvalue weighted by Gasteiger charge is 2.33. The normalized spacial score (nSPS) is 12.4. The molecule has 2 aromatic heterocycles. The van der Waals surface area contributed by atoms with Crippen molar-refractivity contribution in [3.8, 4) is 0 Å². The van der Waals surface area contributed by atoms with Gasteiger partial charge in [0.25, 0.3) is 0 Å². The summed E-state index contributed by atoms with van der Waals surface area (Å²) in [5, 5.41) is 1.25. The Morgan fingerprint density at radius 1 is 1.11 bits per heavy atom. The summed E-state index contributed by atoms with van der Waals surface area (Å²) in [7, 11) is 0. The van der Waals surface area contributed by atoms with Gasteiger partial charge in [-0.05, 0) is 34.1 Å². The van der Waals surface area contributed by atoms with Crippen molar-refractivity contribution in [2.45, 2.75) is 6.18 Å². The van der Waals surface area contributed by atoms with Crippen LogP contribution in [-0.2, 0) is 6.18 Å². The standard InChI is InChI=1S/C12H6BrF3N2/c13-11-7(12(14,15)16)1-2-8-10(11)6-3-4-17-5-9(6)18-8/h1-5,18H. The molecule has 6 heteroatoms. The monoisotopic (exact) mass is 314 g/mol. The maximum Gasteiger partial charge on any atom is 0.417 e. The number of pyridine rings is 1. The molecule has 3 aromatic rings. The summed E-state index contributed by atoms with van der Waals surface area (Å²) >= 11 is 3.06. The van der Waals surface area contributed by atoms with E-state index in [1.807, 2.05) is 0 Å². The lowest BCUT2D eigenvalue weighted by Gasteiger charge is -2.09. The molecule has 0 atom stereocenters. The van der Waals surface area contributed by atoms with Crippen molar-refractivity contribution in [2.75, 3.05) is 0 Å². The van der Waals surface area contributed by atoms with Gasteiger partial charge < -0.3 is 4.98 Å². The maximum atomic E-state index is 12.8. The molecule has 18 heavy (non-hydrogen) atoms. The quantitative estimate of drug-likeness (QED) is 0.650. The van der Waals surface area contributed by atoms with Crippen molar-refractivity contribution in [3.63, 3.8) is 0 Å². The van der Waals surface area contributed by atoms with E-state index in [-0.39, 0.29) is 4.47 Å². The van der Waals surface area contributed by atoms with Crippen molar-refractivity contribution >= 4 is 37.7 Å². The van der Waals surface area contributed by atoms with Crippen LogP contribution >= 0.6 is 15.9 Å². The molecule has 0 fully saturated rings. The first kappa shape index (κ1) is 11.5. The highest BCUT2D eigenvalue weighted by Crippen LogP contribution is 2.40. The molecule has 0 aliphatic heterocycles. The number of hydrogen-bond acceptors (Lipinski definition) is 1.